The van der Waals surface area contributed by atoms with Crippen LogP contribution in [0.1, 0.15) is 19.3 Å². The third-order valence-electron chi connectivity index (χ3n) is 2.99. The quantitative estimate of drug-likeness (QED) is 0.715. The summed E-state index contributed by atoms with van der Waals surface area (Å²) in [7, 11) is 0. The van der Waals surface area contributed by atoms with Crippen LogP contribution in [0.15, 0.2) is 54.6 Å². The van der Waals surface area contributed by atoms with Crippen molar-refractivity contribution < 1.29 is 14.6 Å². The van der Waals surface area contributed by atoms with Crippen LogP contribution < -0.4 is 10.1 Å². The second kappa shape index (κ2) is 7.94. The number of ether oxygens (including phenoxy) is 1. The van der Waals surface area contributed by atoms with E-state index in [1.807, 2.05) is 54.6 Å². The number of carbonyl (C=O) groups is 1. The minimum atomic E-state index is -0.747. The molecule has 21 heavy (non-hydrogen) atoms. The number of carboxylic acid groups (broad SMARTS) is 1. The van der Waals surface area contributed by atoms with Crippen LogP contribution in [-0.2, 0) is 4.79 Å². The molecule has 0 radical (unpaired) electrons. The van der Waals surface area contributed by atoms with Crippen molar-refractivity contribution >= 4 is 11.7 Å². The Balaban J connectivity index is 1.89. The normalized spacial score (nSPS) is 10.1. The summed E-state index contributed by atoms with van der Waals surface area (Å²) in [6, 6.07) is 17.3. The van der Waals surface area contributed by atoms with Gasteiger partial charge in [-0.2, -0.15) is 0 Å². The maximum Gasteiger partial charge on any atom is 0.303 e. The highest BCUT2D eigenvalue weighted by molar-refractivity contribution is 5.66. The van der Waals surface area contributed by atoms with Crippen LogP contribution in [0, 0.1) is 0 Å². The summed E-state index contributed by atoms with van der Waals surface area (Å²) in [5.41, 5.74) is 0.914. The molecule has 0 amide bonds. The molecule has 2 aromatic rings. The van der Waals surface area contributed by atoms with Crippen LogP contribution >= 0.6 is 0 Å². The number of hydrogen-bond acceptors (Lipinski definition) is 3. The summed E-state index contributed by atoms with van der Waals surface area (Å²) < 4.78 is 5.85. The Morgan fingerprint density at radius 3 is 2.48 bits per heavy atom. The molecule has 0 bridgehead atoms. The monoisotopic (exact) mass is 285 g/mol. The maximum absolute atomic E-state index is 10.4. The van der Waals surface area contributed by atoms with E-state index < -0.39 is 5.97 Å². The van der Waals surface area contributed by atoms with Gasteiger partial charge in [0.15, 0.2) is 5.75 Å². The number of unbranched alkanes of at least 4 members (excludes halogenated alkanes) is 1. The first-order valence-corrected chi connectivity index (χ1v) is 7.03. The zero-order valence-corrected chi connectivity index (χ0v) is 11.8. The molecule has 4 nitrogen and oxygen atoms in total. The minimum Gasteiger partial charge on any atom is -0.481 e. The SMILES string of the molecule is O=C(O)CCCCNc1ccccc1Oc1ccccc1. The molecular formula is C17H19NO3. The minimum absolute atomic E-state index is 0.212. The van der Waals surface area contributed by atoms with Crippen LogP contribution in [-0.4, -0.2) is 17.6 Å². The van der Waals surface area contributed by atoms with Gasteiger partial charge in [0.2, 0.25) is 0 Å². The van der Waals surface area contributed by atoms with Crippen molar-refractivity contribution in [3.05, 3.63) is 54.6 Å². The summed E-state index contributed by atoms with van der Waals surface area (Å²) >= 11 is 0. The van der Waals surface area contributed by atoms with Crippen molar-refractivity contribution in [2.24, 2.45) is 0 Å². The largest absolute Gasteiger partial charge is 0.481 e. The molecule has 0 saturated heterocycles. The van der Waals surface area contributed by atoms with Gasteiger partial charge in [0.1, 0.15) is 5.75 Å². The molecule has 0 aromatic heterocycles. The number of anilines is 1. The van der Waals surface area contributed by atoms with Crippen LogP contribution in [0.3, 0.4) is 0 Å². The Morgan fingerprint density at radius 2 is 1.71 bits per heavy atom. The van der Waals surface area contributed by atoms with Gasteiger partial charge in [-0.3, -0.25) is 4.79 Å². The van der Waals surface area contributed by atoms with Gasteiger partial charge in [0.25, 0.3) is 0 Å². The molecule has 0 fully saturated rings. The molecule has 4 heteroatoms. The second-order valence-corrected chi connectivity index (χ2v) is 4.69. The first-order valence-electron chi connectivity index (χ1n) is 7.03. The molecule has 0 atom stereocenters. The topological polar surface area (TPSA) is 58.6 Å². The number of para-hydroxylation sites is 3. The molecule has 0 aliphatic rings. The number of aliphatic carboxylic acids is 1. The zero-order chi connectivity index (χ0) is 14.9. The summed E-state index contributed by atoms with van der Waals surface area (Å²) in [5, 5.41) is 11.9. The Bertz CT molecular complexity index is 569. The van der Waals surface area contributed by atoms with E-state index in [2.05, 4.69) is 5.32 Å². The first-order chi connectivity index (χ1) is 10.3. The number of carboxylic acids is 1. The standard InChI is InChI=1S/C17H19NO3/c19-17(20)12-6-7-13-18-15-10-4-5-11-16(15)21-14-8-2-1-3-9-14/h1-5,8-11,18H,6-7,12-13H2,(H,19,20). The lowest BCUT2D eigenvalue weighted by Crippen LogP contribution is -2.04. The van der Waals surface area contributed by atoms with Crippen LogP contribution in [0.25, 0.3) is 0 Å². The van der Waals surface area contributed by atoms with Gasteiger partial charge in [-0.1, -0.05) is 30.3 Å². The van der Waals surface area contributed by atoms with E-state index in [1.165, 1.54) is 0 Å². The highest BCUT2D eigenvalue weighted by Crippen LogP contribution is 2.28. The molecular weight excluding hydrogens is 266 g/mol. The predicted octanol–water partition coefficient (Wildman–Crippen LogP) is 4.15. The van der Waals surface area contributed by atoms with Gasteiger partial charge in [-0.15, -0.1) is 0 Å². The molecule has 110 valence electrons. The fourth-order valence-corrected chi connectivity index (χ4v) is 1.94. The number of hydrogen-bond donors (Lipinski definition) is 2. The average Bonchev–Trinajstić information content (AvgIpc) is 2.49. The van der Waals surface area contributed by atoms with E-state index in [1.54, 1.807) is 0 Å². The highest BCUT2D eigenvalue weighted by Gasteiger charge is 2.04. The van der Waals surface area contributed by atoms with E-state index in [9.17, 15) is 4.79 Å². The third kappa shape index (κ3) is 5.18. The van der Waals surface area contributed by atoms with E-state index in [4.69, 9.17) is 9.84 Å². The smallest absolute Gasteiger partial charge is 0.303 e. The lowest BCUT2D eigenvalue weighted by molar-refractivity contribution is -0.137. The third-order valence-corrected chi connectivity index (χ3v) is 2.99. The van der Waals surface area contributed by atoms with Crippen LogP contribution in [0.4, 0.5) is 5.69 Å². The van der Waals surface area contributed by atoms with E-state index in [0.717, 1.165) is 30.2 Å². The lowest BCUT2D eigenvalue weighted by atomic mass is 10.2. The average molecular weight is 285 g/mol. The van der Waals surface area contributed by atoms with E-state index in [-0.39, 0.29) is 6.42 Å². The number of rotatable bonds is 8. The van der Waals surface area contributed by atoms with Gasteiger partial charge < -0.3 is 15.2 Å². The maximum atomic E-state index is 10.4. The van der Waals surface area contributed by atoms with Gasteiger partial charge >= 0.3 is 5.97 Å². The summed E-state index contributed by atoms with van der Waals surface area (Å²) in [5.74, 6) is 0.808. The van der Waals surface area contributed by atoms with Crippen molar-refractivity contribution in [2.45, 2.75) is 19.3 Å². The zero-order valence-electron chi connectivity index (χ0n) is 11.8. The van der Waals surface area contributed by atoms with Crippen molar-refractivity contribution in [3.8, 4) is 11.5 Å². The van der Waals surface area contributed by atoms with Crippen molar-refractivity contribution in [2.75, 3.05) is 11.9 Å². The van der Waals surface area contributed by atoms with Crippen LogP contribution in [0.5, 0.6) is 11.5 Å². The fourth-order valence-electron chi connectivity index (χ4n) is 1.94. The van der Waals surface area contributed by atoms with Gasteiger partial charge in [0.05, 0.1) is 5.69 Å². The predicted molar refractivity (Wildman–Crippen MR) is 82.9 cm³/mol. The van der Waals surface area contributed by atoms with Gasteiger partial charge in [0, 0.05) is 13.0 Å². The Hall–Kier alpha value is -2.49. The Morgan fingerprint density at radius 1 is 1.00 bits per heavy atom. The van der Waals surface area contributed by atoms with E-state index >= 15 is 0 Å². The highest BCUT2D eigenvalue weighted by atomic mass is 16.5. The molecule has 0 aliphatic heterocycles. The molecule has 2 N–H and O–H groups in total. The second-order valence-electron chi connectivity index (χ2n) is 4.69. The number of nitrogens with one attached hydrogen (secondary N) is 1. The Kier molecular flexibility index (Phi) is 5.64. The summed E-state index contributed by atoms with van der Waals surface area (Å²) in [6.07, 6.45) is 1.69. The molecule has 0 spiro atoms. The van der Waals surface area contributed by atoms with Crippen molar-refractivity contribution in [3.63, 3.8) is 0 Å². The summed E-state index contributed by atoms with van der Waals surface area (Å²) in [6.45, 7) is 0.725. The van der Waals surface area contributed by atoms with Gasteiger partial charge in [-0.05, 0) is 37.1 Å². The van der Waals surface area contributed by atoms with Gasteiger partial charge in [-0.25, -0.2) is 0 Å². The molecule has 2 rings (SSSR count). The van der Waals surface area contributed by atoms with Crippen molar-refractivity contribution in [1.29, 1.82) is 0 Å². The van der Waals surface area contributed by atoms with Crippen molar-refractivity contribution in [1.82, 2.24) is 0 Å². The Labute approximate surface area is 124 Å². The first kappa shape index (κ1) is 14.9. The van der Waals surface area contributed by atoms with Crippen LogP contribution in [0.2, 0.25) is 0 Å². The molecule has 0 aliphatic carbocycles. The molecule has 0 heterocycles. The molecule has 0 saturated carbocycles. The van der Waals surface area contributed by atoms with E-state index in [0.29, 0.717) is 6.42 Å². The molecule has 0 unspecified atom stereocenters. The number of benzene rings is 2. The lowest BCUT2D eigenvalue weighted by Gasteiger charge is -2.12. The summed E-state index contributed by atoms with van der Waals surface area (Å²) in [4.78, 5) is 10.4. The fraction of sp³-hybridized carbons (Fsp3) is 0.235. The molecule has 2 aromatic carbocycles.